The summed E-state index contributed by atoms with van der Waals surface area (Å²) in [5, 5.41) is 2.78. The number of carbonyl (C=O) groups excluding carboxylic acids is 1. The fourth-order valence-electron chi connectivity index (χ4n) is 2.82. The Kier molecular flexibility index (Phi) is 5.80. The highest BCUT2D eigenvalue weighted by Crippen LogP contribution is 2.21. The van der Waals surface area contributed by atoms with Gasteiger partial charge in [0.05, 0.1) is 11.0 Å². The second kappa shape index (κ2) is 8.44. The molecular weight excluding hydrogens is 352 g/mol. The number of nitrogens with zero attached hydrogens (tertiary/aromatic N) is 2. The number of para-hydroxylation sites is 3. The summed E-state index contributed by atoms with van der Waals surface area (Å²) in [6.45, 7) is -0.000265. The topological polar surface area (TPSA) is 56.2 Å². The molecule has 140 valence electrons. The van der Waals surface area contributed by atoms with Crippen molar-refractivity contribution in [1.82, 2.24) is 14.9 Å². The average Bonchev–Trinajstić information content (AvgIpc) is 2.96. The standard InChI is InChI=1S/C20H19F2N3O2/c1-14-24-16-7-3-4-8-17(16)25(14)13-12-23-19(26)11-10-15-6-2-5-9-18(15)27-20(21)22/h2-11,20H,12-13H2,1H3,(H,23,26)/b11-10+. The van der Waals surface area contributed by atoms with Crippen LogP contribution in [0.15, 0.2) is 54.6 Å². The van der Waals surface area contributed by atoms with Crippen molar-refractivity contribution in [3.63, 3.8) is 0 Å². The van der Waals surface area contributed by atoms with Crippen LogP contribution in [0.3, 0.4) is 0 Å². The quantitative estimate of drug-likeness (QED) is 0.643. The van der Waals surface area contributed by atoms with E-state index in [0.29, 0.717) is 18.7 Å². The molecule has 1 amide bonds. The first kappa shape index (κ1) is 18.6. The molecule has 0 aliphatic carbocycles. The Morgan fingerprint density at radius 2 is 1.96 bits per heavy atom. The van der Waals surface area contributed by atoms with Crippen molar-refractivity contribution >= 4 is 23.0 Å². The first-order valence-corrected chi connectivity index (χ1v) is 8.46. The Labute approximate surface area is 155 Å². The lowest BCUT2D eigenvalue weighted by Gasteiger charge is -2.08. The van der Waals surface area contributed by atoms with Crippen molar-refractivity contribution in [3.05, 3.63) is 66.0 Å². The molecule has 1 aromatic heterocycles. The maximum absolute atomic E-state index is 12.4. The van der Waals surface area contributed by atoms with Crippen LogP contribution in [-0.4, -0.2) is 28.6 Å². The number of halogens is 2. The molecule has 1 N–H and O–H groups in total. The second-order valence-corrected chi connectivity index (χ2v) is 5.84. The minimum absolute atomic E-state index is 0.0251. The maximum atomic E-state index is 12.4. The third-order valence-corrected chi connectivity index (χ3v) is 4.03. The van der Waals surface area contributed by atoms with Crippen molar-refractivity contribution in [2.75, 3.05) is 6.54 Å². The molecule has 0 unspecified atom stereocenters. The van der Waals surface area contributed by atoms with Gasteiger partial charge in [-0.25, -0.2) is 4.98 Å². The average molecular weight is 371 g/mol. The number of hydrogen-bond donors (Lipinski definition) is 1. The maximum Gasteiger partial charge on any atom is 0.387 e. The number of fused-ring (bicyclic) bond motifs is 1. The molecule has 5 nitrogen and oxygen atoms in total. The molecule has 0 fully saturated rings. The third kappa shape index (κ3) is 4.69. The van der Waals surface area contributed by atoms with Gasteiger partial charge in [-0.15, -0.1) is 0 Å². The Balaban J connectivity index is 1.59. The van der Waals surface area contributed by atoms with E-state index in [1.807, 2.05) is 35.8 Å². The summed E-state index contributed by atoms with van der Waals surface area (Å²) < 4.78 is 31.3. The van der Waals surface area contributed by atoms with Crippen LogP contribution in [0, 0.1) is 6.92 Å². The van der Waals surface area contributed by atoms with E-state index in [4.69, 9.17) is 0 Å². The summed E-state index contributed by atoms with van der Waals surface area (Å²) in [5.41, 5.74) is 2.33. The van der Waals surface area contributed by atoms with Crippen molar-refractivity contribution in [2.24, 2.45) is 0 Å². The molecule has 7 heteroatoms. The molecule has 1 heterocycles. The van der Waals surface area contributed by atoms with Gasteiger partial charge in [-0.3, -0.25) is 4.79 Å². The summed E-state index contributed by atoms with van der Waals surface area (Å²) in [5.74, 6) is 0.583. The highest BCUT2D eigenvalue weighted by molar-refractivity contribution is 5.92. The van der Waals surface area contributed by atoms with Crippen LogP contribution >= 0.6 is 0 Å². The zero-order chi connectivity index (χ0) is 19.2. The highest BCUT2D eigenvalue weighted by Gasteiger charge is 2.08. The van der Waals surface area contributed by atoms with Gasteiger partial charge < -0.3 is 14.6 Å². The number of alkyl halides is 2. The van der Waals surface area contributed by atoms with Gasteiger partial charge in [-0.1, -0.05) is 30.3 Å². The number of aromatic nitrogens is 2. The van der Waals surface area contributed by atoms with E-state index in [1.165, 1.54) is 18.2 Å². The zero-order valence-corrected chi connectivity index (χ0v) is 14.7. The second-order valence-electron chi connectivity index (χ2n) is 5.84. The molecule has 0 radical (unpaired) electrons. The van der Waals surface area contributed by atoms with Crippen LogP contribution in [0.1, 0.15) is 11.4 Å². The molecule has 0 aliphatic heterocycles. The lowest BCUT2D eigenvalue weighted by atomic mass is 10.2. The van der Waals surface area contributed by atoms with Crippen LogP contribution in [0.5, 0.6) is 5.75 Å². The number of carbonyl (C=O) groups is 1. The summed E-state index contributed by atoms with van der Waals surface area (Å²) in [7, 11) is 0. The highest BCUT2D eigenvalue weighted by atomic mass is 19.3. The Hall–Kier alpha value is -3.22. The van der Waals surface area contributed by atoms with E-state index in [9.17, 15) is 13.6 Å². The molecular formula is C20H19F2N3O2. The summed E-state index contributed by atoms with van der Waals surface area (Å²) in [6.07, 6.45) is 2.75. The Morgan fingerprint density at radius 3 is 2.78 bits per heavy atom. The number of amides is 1. The van der Waals surface area contributed by atoms with Crippen LogP contribution in [0.2, 0.25) is 0 Å². The van der Waals surface area contributed by atoms with Gasteiger partial charge in [0.25, 0.3) is 0 Å². The number of aryl methyl sites for hydroxylation is 1. The molecule has 3 aromatic rings. The van der Waals surface area contributed by atoms with E-state index in [-0.39, 0.29) is 11.7 Å². The lowest BCUT2D eigenvalue weighted by molar-refractivity contribution is -0.116. The normalized spacial score (nSPS) is 11.4. The molecule has 0 saturated carbocycles. The van der Waals surface area contributed by atoms with E-state index in [0.717, 1.165) is 16.9 Å². The van der Waals surface area contributed by atoms with Gasteiger partial charge in [-0.05, 0) is 31.2 Å². The van der Waals surface area contributed by atoms with E-state index in [2.05, 4.69) is 15.0 Å². The number of nitrogens with one attached hydrogen (secondary N) is 1. The zero-order valence-electron chi connectivity index (χ0n) is 14.7. The SMILES string of the molecule is Cc1nc2ccccc2n1CCNC(=O)/C=C/c1ccccc1OC(F)F. The third-order valence-electron chi connectivity index (χ3n) is 4.03. The van der Waals surface area contributed by atoms with Gasteiger partial charge in [0, 0.05) is 24.7 Å². The smallest absolute Gasteiger partial charge is 0.387 e. The van der Waals surface area contributed by atoms with E-state index in [1.54, 1.807) is 18.2 Å². The largest absolute Gasteiger partial charge is 0.434 e. The first-order valence-electron chi connectivity index (χ1n) is 8.46. The fourth-order valence-corrected chi connectivity index (χ4v) is 2.82. The minimum atomic E-state index is -2.92. The number of benzene rings is 2. The van der Waals surface area contributed by atoms with Gasteiger partial charge in [0.2, 0.25) is 5.91 Å². The van der Waals surface area contributed by atoms with Crippen LogP contribution in [0.4, 0.5) is 8.78 Å². The van der Waals surface area contributed by atoms with E-state index < -0.39 is 6.61 Å². The molecule has 2 aromatic carbocycles. The number of imidazole rings is 1. The Bertz CT molecular complexity index is 967. The van der Waals surface area contributed by atoms with Gasteiger partial charge in [0.1, 0.15) is 11.6 Å². The first-order chi connectivity index (χ1) is 13.0. The monoisotopic (exact) mass is 371 g/mol. The van der Waals surface area contributed by atoms with Gasteiger partial charge in [-0.2, -0.15) is 8.78 Å². The molecule has 0 bridgehead atoms. The number of hydrogen-bond acceptors (Lipinski definition) is 3. The molecule has 3 rings (SSSR count). The summed E-state index contributed by atoms with van der Waals surface area (Å²) >= 11 is 0. The molecule has 0 atom stereocenters. The molecule has 0 spiro atoms. The van der Waals surface area contributed by atoms with Crippen molar-refractivity contribution in [2.45, 2.75) is 20.1 Å². The van der Waals surface area contributed by atoms with Crippen molar-refractivity contribution in [1.29, 1.82) is 0 Å². The van der Waals surface area contributed by atoms with Crippen LogP contribution < -0.4 is 10.1 Å². The van der Waals surface area contributed by atoms with E-state index >= 15 is 0 Å². The lowest BCUT2D eigenvalue weighted by Crippen LogP contribution is -2.25. The number of rotatable bonds is 7. The number of ether oxygens (including phenoxy) is 1. The molecule has 0 saturated heterocycles. The predicted molar refractivity (Wildman–Crippen MR) is 99.6 cm³/mol. The molecule has 27 heavy (non-hydrogen) atoms. The van der Waals surface area contributed by atoms with Gasteiger partial charge >= 0.3 is 6.61 Å². The van der Waals surface area contributed by atoms with Crippen molar-refractivity contribution in [3.8, 4) is 5.75 Å². The summed E-state index contributed by atoms with van der Waals surface area (Å²) in [6, 6.07) is 14.1. The Morgan fingerprint density at radius 1 is 1.22 bits per heavy atom. The predicted octanol–water partition coefficient (Wildman–Crippen LogP) is 3.78. The van der Waals surface area contributed by atoms with Crippen LogP contribution in [0.25, 0.3) is 17.1 Å². The summed E-state index contributed by atoms with van der Waals surface area (Å²) in [4.78, 5) is 16.5. The fraction of sp³-hybridized carbons (Fsp3) is 0.200. The van der Waals surface area contributed by atoms with Crippen molar-refractivity contribution < 1.29 is 18.3 Å². The van der Waals surface area contributed by atoms with Gasteiger partial charge in [0.15, 0.2) is 0 Å². The minimum Gasteiger partial charge on any atom is -0.434 e. The van der Waals surface area contributed by atoms with Crippen LogP contribution in [-0.2, 0) is 11.3 Å². The molecule has 0 aliphatic rings.